The average molecular weight is 469 g/mol. The van der Waals surface area contributed by atoms with Crippen molar-refractivity contribution in [3.8, 4) is 0 Å². The van der Waals surface area contributed by atoms with Gasteiger partial charge in [0.25, 0.3) is 0 Å². The molecule has 0 radical (unpaired) electrons. The molecule has 7 heteroatoms. The summed E-state index contributed by atoms with van der Waals surface area (Å²) in [6.07, 6.45) is -1.51. The Morgan fingerprint density at radius 1 is 1.16 bits per heavy atom. The van der Waals surface area contributed by atoms with E-state index in [-0.39, 0.29) is 10.6 Å². The highest BCUT2D eigenvalue weighted by molar-refractivity contribution is 9.12. The van der Waals surface area contributed by atoms with Crippen LogP contribution in [0.4, 0.5) is 5.69 Å². The number of hydrogen-bond donors (Lipinski definition) is 1. The molecule has 1 saturated heterocycles. The summed E-state index contributed by atoms with van der Waals surface area (Å²) in [5.41, 5.74) is 5.32. The van der Waals surface area contributed by atoms with Gasteiger partial charge >= 0.3 is 0 Å². The van der Waals surface area contributed by atoms with Gasteiger partial charge in [0.05, 0.1) is 15.3 Å². The quantitative estimate of drug-likeness (QED) is 0.683. The number of hydrogen-bond acceptors (Lipinski definition) is 5. The molecule has 132 valence electrons. The summed E-state index contributed by atoms with van der Waals surface area (Å²) in [4.78, 5) is 17.1. The summed E-state index contributed by atoms with van der Waals surface area (Å²) in [5, 5.41) is 13.7. The van der Waals surface area contributed by atoms with E-state index in [9.17, 15) is 9.90 Å². The molecule has 4 atom stereocenters. The van der Waals surface area contributed by atoms with Crippen molar-refractivity contribution in [2.45, 2.75) is 28.9 Å². The first-order valence-electron chi connectivity index (χ1n) is 7.79. The van der Waals surface area contributed by atoms with Crippen LogP contribution in [0.15, 0.2) is 54.6 Å². The van der Waals surface area contributed by atoms with Crippen LogP contribution in [0.5, 0.6) is 0 Å². The predicted molar refractivity (Wildman–Crippen MR) is 101 cm³/mol. The molecule has 0 aliphatic carbocycles. The summed E-state index contributed by atoms with van der Waals surface area (Å²) in [6, 6.07) is 16.1. The SMILES string of the molecule is Cc1ccc(N2NOC([O-])C2C(=O)C(Br)C(Br)c2ccccc2)cc1. The minimum Gasteiger partial charge on any atom is -0.828 e. The predicted octanol–water partition coefficient (Wildman–Crippen LogP) is 2.78. The molecule has 0 aromatic heterocycles. The third-order valence-corrected chi connectivity index (χ3v) is 6.80. The molecular formula is C18H17Br2N2O3-. The van der Waals surface area contributed by atoms with Crippen molar-refractivity contribution >= 4 is 43.3 Å². The van der Waals surface area contributed by atoms with Crippen molar-refractivity contribution in [1.82, 2.24) is 5.59 Å². The van der Waals surface area contributed by atoms with Crippen LogP contribution in [-0.4, -0.2) is 22.9 Å². The number of Topliss-reactive ketones (excluding diaryl/α,β-unsaturated/α-hetero) is 1. The minimum absolute atomic E-state index is 0.253. The van der Waals surface area contributed by atoms with Crippen molar-refractivity contribution < 1.29 is 14.7 Å². The Bertz CT molecular complexity index is 727. The van der Waals surface area contributed by atoms with Gasteiger partial charge in [-0.25, -0.2) is 0 Å². The van der Waals surface area contributed by atoms with Gasteiger partial charge in [0.15, 0.2) is 5.78 Å². The third kappa shape index (κ3) is 3.96. The summed E-state index contributed by atoms with van der Waals surface area (Å²) in [5.74, 6) is -0.253. The summed E-state index contributed by atoms with van der Waals surface area (Å²) in [6.45, 7) is 1.97. The minimum atomic E-state index is -1.51. The first-order valence-corrected chi connectivity index (χ1v) is 9.62. The molecule has 3 rings (SSSR count). The molecule has 1 aliphatic rings. The zero-order valence-electron chi connectivity index (χ0n) is 13.4. The maximum Gasteiger partial charge on any atom is 0.173 e. The van der Waals surface area contributed by atoms with Gasteiger partial charge in [0, 0.05) is 6.29 Å². The van der Waals surface area contributed by atoms with E-state index < -0.39 is 17.2 Å². The van der Waals surface area contributed by atoms with E-state index in [1.54, 1.807) is 0 Å². The zero-order valence-corrected chi connectivity index (χ0v) is 16.6. The molecular weight excluding hydrogens is 452 g/mol. The molecule has 1 aliphatic heterocycles. The van der Waals surface area contributed by atoms with Gasteiger partial charge in [0.1, 0.15) is 6.04 Å². The summed E-state index contributed by atoms with van der Waals surface area (Å²) >= 11 is 7.00. The summed E-state index contributed by atoms with van der Waals surface area (Å²) < 4.78 is 0. The first kappa shape index (κ1) is 18.5. The molecule has 2 aromatic carbocycles. The number of benzene rings is 2. The lowest BCUT2D eigenvalue weighted by Crippen LogP contribution is -2.51. The molecule has 0 bridgehead atoms. The number of aryl methyl sites for hydroxylation is 1. The molecule has 2 aromatic rings. The molecule has 0 amide bonds. The van der Waals surface area contributed by atoms with Crippen molar-refractivity contribution in [2.24, 2.45) is 0 Å². The highest BCUT2D eigenvalue weighted by Crippen LogP contribution is 2.34. The fraction of sp³-hybridized carbons (Fsp3) is 0.278. The second kappa shape index (κ2) is 7.97. The van der Waals surface area contributed by atoms with Gasteiger partial charge in [-0.05, 0) is 24.6 Å². The molecule has 4 unspecified atom stereocenters. The Labute approximate surface area is 163 Å². The third-order valence-electron chi connectivity index (χ3n) is 4.05. The molecule has 0 saturated carbocycles. The number of nitrogens with zero attached hydrogens (tertiary/aromatic N) is 1. The van der Waals surface area contributed by atoms with Crippen LogP contribution in [0.25, 0.3) is 0 Å². The fourth-order valence-corrected chi connectivity index (χ4v) is 3.79. The molecule has 1 fully saturated rings. The maximum absolute atomic E-state index is 13.0. The van der Waals surface area contributed by atoms with Gasteiger partial charge in [-0.3, -0.25) is 14.6 Å². The van der Waals surface area contributed by atoms with E-state index in [0.29, 0.717) is 5.69 Å². The van der Waals surface area contributed by atoms with Crippen LogP contribution < -0.4 is 15.7 Å². The molecule has 25 heavy (non-hydrogen) atoms. The van der Waals surface area contributed by atoms with E-state index in [1.165, 1.54) is 5.01 Å². The second-order valence-corrected chi connectivity index (χ2v) is 7.82. The fourth-order valence-electron chi connectivity index (χ4n) is 2.64. The lowest BCUT2D eigenvalue weighted by Gasteiger charge is -2.30. The Morgan fingerprint density at radius 2 is 1.80 bits per heavy atom. The molecule has 0 spiro atoms. The van der Waals surface area contributed by atoms with Crippen LogP contribution in [0.2, 0.25) is 0 Å². The largest absolute Gasteiger partial charge is 0.828 e. The van der Waals surface area contributed by atoms with E-state index in [4.69, 9.17) is 4.84 Å². The topological polar surface area (TPSA) is 64.6 Å². The number of hydrazine groups is 1. The van der Waals surface area contributed by atoms with Crippen LogP contribution in [-0.2, 0) is 9.63 Å². The van der Waals surface area contributed by atoms with E-state index in [2.05, 4.69) is 37.4 Å². The number of ketones is 1. The van der Waals surface area contributed by atoms with E-state index in [0.717, 1.165) is 11.1 Å². The smallest absolute Gasteiger partial charge is 0.173 e. The van der Waals surface area contributed by atoms with Crippen molar-refractivity contribution in [3.63, 3.8) is 0 Å². The second-order valence-electron chi connectivity index (χ2n) is 5.84. The molecule has 5 nitrogen and oxygen atoms in total. The van der Waals surface area contributed by atoms with Gasteiger partial charge in [-0.2, -0.15) is 0 Å². The number of carbonyl (C=O) groups excluding carboxylic acids is 1. The van der Waals surface area contributed by atoms with Crippen molar-refractivity contribution in [1.29, 1.82) is 0 Å². The Balaban J connectivity index is 1.82. The van der Waals surface area contributed by atoms with Gasteiger partial charge in [0.2, 0.25) is 0 Å². The van der Waals surface area contributed by atoms with Gasteiger partial charge in [-0.15, -0.1) is 5.59 Å². The van der Waals surface area contributed by atoms with E-state index in [1.807, 2.05) is 61.5 Å². The Hall–Kier alpha value is -1.25. The zero-order chi connectivity index (χ0) is 18.0. The van der Waals surface area contributed by atoms with Crippen molar-refractivity contribution in [3.05, 3.63) is 65.7 Å². The van der Waals surface area contributed by atoms with E-state index >= 15 is 0 Å². The number of anilines is 1. The normalized spacial score (nSPS) is 22.6. The van der Waals surface area contributed by atoms with Crippen molar-refractivity contribution in [2.75, 3.05) is 5.01 Å². The van der Waals surface area contributed by atoms with Gasteiger partial charge < -0.3 is 5.11 Å². The van der Waals surface area contributed by atoms with Crippen LogP contribution in [0, 0.1) is 6.92 Å². The lowest BCUT2D eigenvalue weighted by molar-refractivity contribution is -0.488. The number of nitrogens with one attached hydrogen (secondary N) is 1. The number of carbonyl (C=O) groups is 1. The number of rotatable bonds is 5. The van der Waals surface area contributed by atoms with Gasteiger partial charge in [-0.1, -0.05) is 79.9 Å². The Kier molecular flexibility index (Phi) is 5.91. The number of alkyl halides is 2. The average Bonchev–Trinajstić information content (AvgIpc) is 3.02. The highest BCUT2D eigenvalue weighted by Gasteiger charge is 2.40. The maximum atomic E-state index is 13.0. The lowest BCUT2D eigenvalue weighted by atomic mass is 10.0. The Morgan fingerprint density at radius 3 is 2.44 bits per heavy atom. The molecule has 1 heterocycles. The standard InChI is InChI=1S/C18H17Br2N2O3/c1-11-7-9-13(10-8-11)22-16(18(24)25-21-22)17(23)15(20)14(19)12-5-3-2-4-6-12/h2-10,14-16,18,21H,1H3/q-1. The van der Waals surface area contributed by atoms with Crippen LogP contribution in [0.1, 0.15) is 16.0 Å². The first-order chi connectivity index (χ1) is 12.0. The van der Waals surface area contributed by atoms with Crippen LogP contribution >= 0.6 is 31.9 Å². The summed E-state index contributed by atoms with van der Waals surface area (Å²) in [7, 11) is 0. The van der Waals surface area contributed by atoms with Crippen LogP contribution in [0.3, 0.4) is 0 Å². The monoisotopic (exact) mass is 467 g/mol. The number of halogens is 2. The highest BCUT2D eigenvalue weighted by atomic mass is 79.9. The molecule has 1 N–H and O–H groups in total.